The number of nitrogens with zero attached hydrogens (tertiary/aromatic N) is 2. The zero-order chi connectivity index (χ0) is 28.2. The molecule has 0 aliphatic rings. The molecule has 0 saturated carbocycles. The molecule has 0 bridgehead atoms. The van der Waals surface area contributed by atoms with Crippen LogP contribution >= 0.6 is 11.5 Å². The van der Waals surface area contributed by atoms with Gasteiger partial charge in [0.1, 0.15) is 28.2 Å². The summed E-state index contributed by atoms with van der Waals surface area (Å²) in [4.78, 5) is 41.1. The van der Waals surface area contributed by atoms with Gasteiger partial charge in [0.25, 0.3) is 11.8 Å². The molecule has 38 heavy (non-hydrogen) atoms. The number of amides is 3. The van der Waals surface area contributed by atoms with Gasteiger partial charge in [0.15, 0.2) is 5.69 Å². The van der Waals surface area contributed by atoms with E-state index in [1.807, 2.05) is 20.8 Å². The van der Waals surface area contributed by atoms with Crippen molar-refractivity contribution in [3.05, 3.63) is 58.6 Å². The van der Waals surface area contributed by atoms with Crippen molar-refractivity contribution in [1.82, 2.24) is 9.69 Å². The number of aromatic hydroxyl groups is 1. The number of carbonyl (C=O) groups is 3. The lowest BCUT2D eigenvalue weighted by Crippen LogP contribution is -2.50. The van der Waals surface area contributed by atoms with E-state index >= 15 is 0 Å². The van der Waals surface area contributed by atoms with Crippen molar-refractivity contribution < 1.29 is 29.0 Å². The average Bonchev–Trinajstić information content (AvgIpc) is 3.28. The van der Waals surface area contributed by atoms with Crippen LogP contribution in [0, 0.1) is 0 Å². The SMILES string of the molecule is CCC(C)(C)NC(=O)[C@@H](c1ccc(O)cc1)N(C(=O)c1snc(C(N)=O)c1N)c1ccc(OC)cc1OC. The Morgan fingerprint density at radius 2 is 1.79 bits per heavy atom. The topological polar surface area (TPSA) is 170 Å². The fourth-order valence-electron chi connectivity index (χ4n) is 3.65. The van der Waals surface area contributed by atoms with Crippen LogP contribution in [0.4, 0.5) is 11.4 Å². The number of methoxy groups -OCH3 is 2. The van der Waals surface area contributed by atoms with E-state index in [4.69, 9.17) is 20.9 Å². The molecule has 3 rings (SSSR count). The second-order valence-corrected chi connectivity index (χ2v) is 9.85. The van der Waals surface area contributed by atoms with Gasteiger partial charge in [-0.05, 0) is 61.6 Å². The van der Waals surface area contributed by atoms with Gasteiger partial charge in [0.2, 0.25) is 5.91 Å². The van der Waals surface area contributed by atoms with Gasteiger partial charge in [-0.2, -0.15) is 4.37 Å². The molecule has 1 heterocycles. The van der Waals surface area contributed by atoms with Crippen LogP contribution < -0.4 is 31.2 Å². The van der Waals surface area contributed by atoms with Crippen molar-refractivity contribution in [3.8, 4) is 17.2 Å². The van der Waals surface area contributed by atoms with Crippen molar-refractivity contribution in [3.63, 3.8) is 0 Å². The molecule has 202 valence electrons. The molecule has 1 atom stereocenters. The van der Waals surface area contributed by atoms with Crippen LogP contribution in [0.1, 0.15) is 59.0 Å². The van der Waals surface area contributed by atoms with Crippen molar-refractivity contribution >= 4 is 40.6 Å². The first kappa shape index (κ1) is 28.3. The van der Waals surface area contributed by atoms with E-state index < -0.39 is 29.3 Å². The van der Waals surface area contributed by atoms with Crippen LogP contribution in [-0.2, 0) is 4.79 Å². The van der Waals surface area contributed by atoms with E-state index in [0.29, 0.717) is 29.3 Å². The van der Waals surface area contributed by atoms with E-state index in [2.05, 4.69) is 9.69 Å². The second-order valence-electron chi connectivity index (χ2n) is 9.07. The summed E-state index contributed by atoms with van der Waals surface area (Å²) in [6.07, 6.45) is 0.616. The smallest absolute Gasteiger partial charge is 0.273 e. The van der Waals surface area contributed by atoms with Gasteiger partial charge >= 0.3 is 0 Å². The summed E-state index contributed by atoms with van der Waals surface area (Å²) in [5, 5.41) is 12.9. The van der Waals surface area contributed by atoms with Gasteiger partial charge in [-0.1, -0.05) is 19.1 Å². The molecule has 0 unspecified atom stereocenters. The Labute approximate surface area is 224 Å². The van der Waals surface area contributed by atoms with E-state index in [9.17, 15) is 19.5 Å². The van der Waals surface area contributed by atoms with Gasteiger partial charge in [-0.25, -0.2) is 0 Å². The second kappa shape index (κ2) is 11.4. The predicted octanol–water partition coefficient (Wildman–Crippen LogP) is 3.24. The number of hydrogen-bond acceptors (Lipinski definition) is 9. The minimum atomic E-state index is -1.24. The molecule has 0 radical (unpaired) electrons. The third-order valence-electron chi connectivity index (χ3n) is 6.08. The Hall–Kier alpha value is -4.32. The highest BCUT2D eigenvalue weighted by atomic mass is 32.1. The Kier molecular flexibility index (Phi) is 8.46. The quantitative estimate of drug-likeness (QED) is 0.303. The maximum absolute atomic E-state index is 14.2. The fourth-order valence-corrected chi connectivity index (χ4v) is 4.40. The molecule has 2 aromatic carbocycles. The molecule has 0 spiro atoms. The number of nitrogens with two attached hydrogens (primary N) is 2. The monoisotopic (exact) mass is 541 g/mol. The maximum Gasteiger partial charge on any atom is 0.273 e. The summed E-state index contributed by atoms with van der Waals surface area (Å²) in [7, 11) is 2.91. The Morgan fingerprint density at radius 3 is 2.32 bits per heavy atom. The van der Waals surface area contributed by atoms with Gasteiger partial charge < -0.3 is 31.4 Å². The lowest BCUT2D eigenvalue weighted by Gasteiger charge is -2.35. The molecule has 11 nitrogen and oxygen atoms in total. The largest absolute Gasteiger partial charge is 0.508 e. The standard InChI is InChI=1S/C26H31N5O6S/c1-6-26(2,3)29-24(34)21(14-7-9-15(32)10-8-14)31(17-12-11-16(36-4)13-18(17)37-5)25(35)22-19(27)20(23(28)33)30-38-22/h7-13,21,32H,6,27H2,1-5H3,(H2,28,33)(H,29,34)/t21-/m1/s1. The van der Waals surface area contributed by atoms with Crippen LogP contribution in [-0.4, -0.2) is 47.0 Å². The van der Waals surface area contributed by atoms with Crippen molar-refractivity contribution in [2.45, 2.75) is 38.8 Å². The number of phenolic OH excluding ortho intramolecular Hbond substituents is 1. The lowest BCUT2D eigenvalue weighted by atomic mass is 9.98. The number of aromatic nitrogens is 1. The molecular weight excluding hydrogens is 510 g/mol. The molecule has 0 saturated heterocycles. The Balaban J connectivity index is 2.31. The van der Waals surface area contributed by atoms with Crippen molar-refractivity contribution in [1.29, 1.82) is 0 Å². The number of ether oxygens (including phenoxy) is 2. The molecule has 0 aliphatic carbocycles. The normalized spacial score (nSPS) is 11.9. The number of rotatable bonds is 10. The average molecular weight is 542 g/mol. The highest BCUT2D eigenvalue weighted by Crippen LogP contribution is 2.40. The number of primary amides is 1. The Morgan fingerprint density at radius 1 is 1.13 bits per heavy atom. The number of anilines is 2. The summed E-state index contributed by atoms with van der Waals surface area (Å²) in [5.41, 5.74) is 11.1. The summed E-state index contributed by atoms with van der Waals surface area (Å²) < 4.78 is 14.8. The summed E-state index contributed by atoms with van der Waals surface area (Å²) in [6, 6.07) is 9.44. The first-order valence-corrected chi connectivity index (χ1v) is 12.4. The van der Waals surface area contributed by atoms with E-state index in [-0.39, 0.29) is 33.4 Å². The first-order valence-electron chi connectivity index (χ1n) is 11.7. The highest BCUT2D eigenvalue weighted by molar-refractivity contribution is 7.09. The minimum Gasteiger partial charge on any atom is -0.508 e. The molecule has 6 N–H and O–H groups in total. The molecule has 3 amide bonds. The summed E-state index contributed by atoms with van der Waals surface area (Å²) in [6.45, 7) is 5.65. The molecule has 0 fully saturated rings. The molecular formula is C26H31N5O6S. The fraction of sp³-hybridized carbons (Fsp3) is 0.308. The van der Waals surface area contributed by atoms with Crippen LogP contribution in [0.15, 0.2) is 42.5 Å². The van der Waals surface area contributed by atoms with Crippen molar-refractivity contribution in [2.24, 2.45) is 5.73 Å². The van der Waals surface area contributed by atoms with Crippen LogP contribution in [0.2, 0.25) is 0 Å². The van der Waals surface area contributed by atoms with Crippen LogP contribution in [0.25, 0.3) is 0 Å². The maximum atomic E-state index is 14.2. The minimum absolute atomic E-state index is 0.0143. The summed E-state index contributed by atoms with van der Waals surface area (Å²) >= 11 is 0.697. The van der Waals surface area contributed by atoms with E-state index in [1.54, 1.807) is 30.3 Å². The zero-order valence-corrected chi connectivity index (χ0v) is 22.6. The Bertz CT molecular complexity index is 1340. The van der Waals surface area contributed by atoms with Gasteiger partial charge in [-0.3, -0.25) is 19.3 Å². The summed E-state index contributed by atoms with van der Waals surface area (Å²) in [5.74, 6) is -1.40. The third-order valence-corrected chi connectivity index (χ3v) is 6.93. The molecule has 3 aromatic rings. The van der Waals surface area contributed by atoms with Gasteiger partial charge in [0.05, 0.1) is 25.6 Å². The lowest BCUT2D eigenvalue weighted by molar-refractivity contribution is -0.124. The predicted molar refractivity (Wildman–Crippen MR) is 145 cm³/mol. The first-order chi connectivity index (χ1) is 17.9. The molecule has 12 heteroatoms. The van der Waals surface area contributed by atoms with E-state index in [0.717, 1.165) is 0 Å². The van der Waals surface area contributed by atoms with Crippen molar-refractivity contribution in [2.75, 3.05) is 24.9 Å². The number of nitrogens with one attached hydrogen (secondary N) is 1. The van der Waals surface area contributed by atoms with Gasteiger partial charge in [-0.15, -0.1) is 0 Å². The number of nitrogen functional groups attached to an aromatic ring is 1. The van der Waals surface area contributed by atoms with E-state index in [1.165, 1.54) is 31.3 Å². The number of carbonyl (C=O) groups excluding carboxylic acids is 3. The number of phenols is 1. The van der Waals surface area contributed by atoms with Crippen LogP contribution in [0.5, 0.6) is 17.2 Å². The number of hydrogen-bond donors (Lipinski definition) is 4. The molecule has 1 aromatic heterocycles. The highest BCUT2D eigenvalue weighted by Gasteiger charge is 2.38. The van der Waals surface area contributed by atoms with Crippen LogP contribution in [0.3, 0.4) is 0 Å². The van der Waals surface area contributed by atoms with Gasteiger partial charge in [0, 0.05) is 11.6 Å². The molecule has 0 aliphatic heterocycles. The zero-order valence-electron chi connectivity index (χ0n) is 21.8. The number of benzene rings is 2. The third kappa shape index (κ3) is 5.80.